The van der Waals surface area contributed by atoms with Gasteiger partial charge in [0.05, 0.1) is 12.5 Å². The Hall–Kier alpha value is -2.92. The number of nitrogens with one attached hydrogen (secondary N) is 2. The number of hydrogen-bond donors (Lipinski definition) is 4. The molecule has 38 heavy (non-hydrogen) atoms. The van der Waals surface area contributed by atoms with Crippen molar-refractivity contribution in [3.8, 4) is 0 Å². The highest BCUT2D eigenvalue weighted by molar-refractivity contribution is 8.03. The fraction of sp³-hybridized carbons (Fsp3) is 0.464. The Morgan fingerprint density at radius 2 is 1.84 bits per heavy atom. The summed E-state index contributed by atoms with van der Waals surface area (Å²) in [7, 11) is 3.88. The highest BCUT2D eigenvalue weighted by Crippen LogP contribution is 2.23. The number of carbonyl (C=O) groups is 2. The molecule has 2 aromatic rings. The maximum atomic E-state index is 11.3. The third kappa shape index (κ3) is 10.8. The van der Waals surface area contributed by atoms with E-state index in [4.69, 9.17) is 5.73 Å². The minimum absolute atomic E-state index is 0.0330. The van der Waals surface area contributed by atoms with Gasteiger partial charge in [-0.1, -0.05) is 36.4 Å². The monoisotopic (exact) mass is 542 g/mol. The second kappa shape index (κ2) is 17.6. The van der Waals surface area contributed by atoms with Crippen LogP contribution in [-0.2, 0) is 16.2 Å². The minimum Gasteiger partial charge on any atom is -0.392 e. The highest BCUT2D eigenvalue weighted by Gasteiger charge is 2.12. The largest absolute Gasteiger partial charge is 0.392 e. The lowest BCUT2D eigenvalue weighted by atomic mass is 10.1. The molecule has 1 aliphatic rings. The van der Waals surface area contributed by atoms with Crippen LogP contribution in [0.4, 0.5) is 5.69 Å². The topological polar surface area (TPSA) is 123 Å². The summed E-state index contributed by atoms with van der Waals surface area (Å²) >= 11 is 1.38. The zero-order chi connectivity index (χ0) is 27.8. The van der Waals surface area contributed by atoms with Crippen molar-refractivity contribution in [3.05, 3.63) is 52.7 Å². The summed E-state index contributed by atoms with van der Waals surface area (Å²) in [5, 5.41) is 18.1. The van der Waals surface area contributed by atoms with E-state index >= 15 is 0 Å². The highest BCUT2D eigenvalue weighted by atomic mass is 32.2. The molecule has 1 amide bonds. The van der Waals surface area contributed by atoms with Crippen molar-refractivity contribution in [2.75, 3.05) is 58.0 Å². The molecule has 0 spiro atoms. The number of likely N-dealkylation sites (N-methyl/N-ethyl adjacent to an activating group) is 1. The van der Waals surface area contributed by atoms with Crippen LogP contribution in [-0.4, -0.2) is 86.5 Å². The number of fused-ring (bicyclic) bond motifs is 1. The van der Waals surface area contributed by atoms with Crippen LogP contribution in [0, 0.1) is 0 Å². The molecule has 0 radical (unpaired) electrons. The average Bonchev–Trinajstić information content (AvgIpc) is 2.93. The lowest BCUT2D eigenvalue weighted by molar-refractivity contribution is -0.114. The first-order valence-corrected chi connectivity index (χ1v) is 13.9. The number of aldehydes is 1. The van der Waals surface area contributed by atoms with Gasteiger partial charge in [-0.25, -0.2) is 0 Å². The number of rotatable bonds is 14. The van der Waals surface area contributed by atoms with Crippen molar-refractivity contribution in [2.24, 2.45) is 10.7 Å². The number of hydrogen-bond acceptors (Lipinski definition) is 9. The van der Waals surface area contributed by atoms with Gasteiger partial charge in [-0.3, -0.25) is 9.79 Å². The maximum absolute atomic E-state index is 11.3. The third-order valence-electron chi connectivity index (χ3n) is 6.31. The first-order valence-electron chi connectivity index (χ1n) is 12.9. The van der Waals surface area contributed by atoms with E-state index in [9.17, 15) is 14.7 Å². The van der Waals surface area contributed by atoms with Gasteiger partial charge in [-0.2, -0.15) is 0 Å². The zero-order valence-corrected chi connectivity index (χ0v) is 23.4. The van der Waals surface area contributed by atoms with Crippen molar-refractivity contribution >= 4 is 47.1 Å². The van der Waals surface area contributed by atoms with Gasteiger partial charge >= 0.3 is 0 Å². The van der Waals surface area contributed by atoms with Crippen molar-refractivity contribution < 1.29 is 14.7 Å². The predicted molar refractivity (Wildman–Crippen MR) is 159 cm³/mol. The molecule has 9 nitrogen and oxygen atoms in total. The van der Waals surface area contributed by atoms with E-state index < -0.39 is 5.91 Å². The van der Waals surface area contributed by atoms with Gasteiger partial charge in [0.25, 0.3) is 5.91 Å². The summed E-state index contributed by atoms with van der Waals surface area (Å²) < 4.78 is 0. The van der Waals surface area contributed by atoms with E-state index in [1.807, 2.05) is 36.4 Å². The molecule has 5 N–H and O–H groups in total. The fourth-order valence-electron chi connectivity index (χ4n) is 4.03. The van der Waals surface area contributed by atoms with Crippen molar-refractivity contribution in [1.82, 2.24) is 15.1 Å². The summed E-state index contributed by atoms with van der Waals surface area (Å²) in [6.07, 6.45) is 5.28. The second-order valence-electron chi connectivity index (χ2n) is 9.13. The summed E-state index contributed by atoms with van der Waals surface area (Å²) in [5.41, 5.74) is 7.24. The molecule has 1 fully saturated rings. The molecule has 0 aromatic heterocycles. The fourth-order valence-corrected chi connectivity index (χ4v) is 4.86. The Bertz CT molecular complexity index is 1070. The molecule has 1 aliphatic heterocycles. The number of piperazine rings is 1. The van der Waals surface area contributed by atoms with Gasteiger partial charge in [0.1, 0.15) is 11.3 Å². The second-order valence-corrected chi connectivity index (χ2v) is 10.1. The molecule has 0 bridgehead atoms. The van der Waals surface area contributed by atoms with Gasteiger partial charge < -0.3 is 36.1 Å². The van der Waals surface area contributed by atoms with Crippen LogP contribution in [0.1, 0.15) is 31.2 Å². The molecule has 10 heteroatoms. The first kappa shape index (κ1) is 31.3. The van der Waals surface area contributed by atoms with E-state index in [1.165, 1.54) is 57.3 Å². The van der Waals surface area contributed by atoms with Crippen LogP contribution < -0.4 is 16.4 Å². The molecule has 0 unspecified atom stereocenters. The summed E-state index contributed by atoms with van der Waals surface area (Å²) in [6, 6.07) is 11.8. The summed E-state index contributed by atoms with van der Waals surface area (Å²) in [6.45, 7) is 9.44. The number of primary amides is 1. The third-order valence-corrected chi connectivity index (χ3v) is 7.28. The molecule has 0 saturated carbocycles. The average molecular weight is 543 g/mol. The predicted octanol–water partition coefficient (Wildman–Crippen LogP) is 3.00. The van der Waals surface area contributed by atoms with Gasteiger partial charge in [0.2, 0.25) is 0 Å². The van der Waals surface area contributed by atoms with E-state index in [1.54, 1.807) is 7.05 Å². The van der Waals surface area contributed by atoms with E-state index in [-0.39, 0.29) is 12.3 Å². The van der Waals surface area contributed by atoms with Crippen LogP contribution in [0.3, 0.4) is 0 Å². The van der Waals surface area contributed by atoms with Crippen LogP contribution in [0.25, 0.3) is 10.8 Å². The van der Waals surface area contributed by atoms with Gasteiger partial charge in [0.15, 0.2) is 5.70 Å². The van der Waals surface area contributed by atoms with Crippen molar-refractivity contribution in [3.63, 3.8) is 0 Å². The molecule has 3 rings (SSSR count). The van der Waals surface area contributed by atoms with Crippen LogP contribution in [0.5, 0.6) is 0 Å². The number of aliphatic imine (C=N–C) groups is 1. The molecule has 0 atom stereocenters. The zero-order valence-electron chi connectivity index (χ0n) is 22.6. The number of carbonyl (C=O) groups excluding carboxylic acids is 2. The standard InChI is InChI=1S/C17H20N4O2S.C11H22N2O/c1-19-15(16(18)23)17(20-2)24-10-21-14-6-5-12-7-11(9-22)3-4-13(12)8-14;1-12-7-9-13(10-8-12)6-4-2-3-5-11-14/h3-8,20-22H,1,9-10H2,2H3,(H2,18,23);11H,2-10H2,1H3/b17-15-;. The van der Waals surface area contributed by atoms with Crippen molar-refractivity contribution in [2.45, 2.75) is 32.3 Å². The Morgan fingerprint density at radius 1 is 1.13 bits per heavy atom. The molecular weight excluding hydrogens is 500 g/mol. The number of anilines is 1. The van der Waals surface area contributed by atoms with Gasteiger partial charge in [0, 0.05) is 45.3 Å². The van der Waals surface area contributed by atoms with Crippen LogP contribution >= 0.6 is 11.8 Å². The first-order chi connectivity index (χ1) is 18.4. The van der Waals surface area contributed by atoms with E-state index in [2.05, 4.69) is 39.2 Å². The Balaban J connectivity index is 0.000000308. The summed E-state index contributed by atoms with van der Waals surface area (Å²) in [4.78, 5) is 30.0. The quantitative estimate of drug-likeness (QED) is 0.0945. The number of aliphatic hydroxyl groups is 1. The Morgan fingerprint density at radius 3 is 2.47 bits per heavy atom. The van der Waals surface area contributed by atoms with Crippen molar-refractivity contribution in [1.29, 1.82) is 0 Å². The number of unbranched alkanes of at least 4 members (excludes halogenated alkanes) is 3. The molecule has 2 aromatic carbocycles. The molecule has 1 saturated heterocycles. The number of amides is 1. The summed E-state index contributed by atoms with van der Waals surface area (Å²) in [5.74, 6) is -0.0878. The number of benzene rings is 2. The van der Waals surface area contributed by atoms with Gasteiger partial charge in [-0.15, -0.1) is 0 Å². The SMILES string of the molecule is C=N/C(C(N)=O)=C(/NC)SCNc1ccc2cc(CO)ccc2c1.CN1CCN(CCCCCC=O)CC1. The lowest BCUT2D eigenvalue weighted by Crippen LogP contribution is -2.44. The smallest absolute Gasteiger partial charge is 0.269 e. The number of nitrogens with zero attached hydrogens (tertiary/aromatic N) is 3. The maximum Gasteiger partial charge on any atom is 0.269 e. The van der Waals surface area contributed by atoms with Crippen LogP contribution in [0.15, 0.2) is 52.1 Å². The lowest BCUT2D eigenvalue weighted by Gasteiger charge is -2.32. The Kier molecular flexibility index (Phi) is 14.5. The molecular formula is C28H42N6O3S. The molecule has 1 heterocycles. The Labute approximate surface area is 230 Å². The van der Waals surface area contributed by atoms with E-state index in [0.717, 1.165) is 41.2 Å². The molecule has 0 aliphatic carbocycles. The normalized spacial score (nSPS) is 14.7. The number of thioether (sulfide) groups is 1. The molecule has 208 valence electrons. The van der Waals surface area contributed by atoms with Gasteiger partial charge in [-0.05, 0) is 67.7 Å². The van der Waals surface area contributed by atoms with Crippen LogP contribution in [0.2, 0.25) is 0 Å². The minimum atomic E-state index is -0.618. The van der Waals surface area contributed by atoms with E-state index in [0.29, 0.717) is 10.9 Å². The number of aliphatic hydroxyl groups excluding tert-OH is 1. The number of nitrogens with two attached hydrogens (primary N) is 1.